The minimum Gasteiger partial charge on any atom is -0.506 e. The molecule has 0 aliphatic rings. The topological polar surface area (TPSA) is 71.3 Å². The van der Waals surface area contributed by atoms with E-state index in [1.165, 1.54) is 24.4 Å². The van der Waals surface area contributed by atoms with Gasteiger partial charge in [-0.25, -0.2) is 4.39 Å². The van der Waals surface area contributed by atoms with Crippen LogP contribution >= 0.6 is 15.9 Å². The maximum Gasteiger partial charge on any atom is 0.251 e. The summed E-state index contributed by atoms with van der Waals surface area (Å²) in [6.45, 7) is -0.286. The summed E-state index contributed by atoms with van der Waals surface area (Å²) >= 11 is 3.18. The molecular weight excluding hydrogens is 331 g/mol. The Kier molecular flexibility index (Phi) is 4.19. The Bertz CT molecular complexity index is 695. The van der Waals surface area contributed by atoms with Crippen molar-refractivity contribution in [2.24, 2.45) is 0 Å². The number of nitrogens with one attached hydrogen (secondary N) is 1. The van der Waals surface area contributed by atoms with Gasteiger partial charge in [-0.05, 0) is 34.1 Å². The molecule has 2 rings (SSSR count). The molecule has 1 aromatic carbocycles. The van der Waals surface area contributed by atoms with Crippen molar-refractivity contribution in [2.75, 3.05) is 5.32 Å². The van der Waals surface area contributed by atoms with Crippen molar-refractivity contribution in [2.45, 2.75) is 6.54 Å². The number of phenolic OH excluding ortho intramolecular Hbond substituents is 1. The summed E-state index contributed by atoms with van der Waals surface area (Å²) in [5, 5.41) is 11.7. The third-order valence-corrected chi connectivity index (χ3v) is 2.99. The second kappa shape index (κ2) is 5.87. The van der Waals surface area contributed by atoms with Crippen molar-refractivity contribution < 1.29 is 14.3 Å². The average molecular weight is 341 g/mol. The summed E-state index contributed by atoms with van der Waals surface area (Å²) in [6, 6.07) is 6.54. The number of amides is 1. The van der Waals surface area contributed by atoms with Gasteiger partial charge in [-0.1, -0.05) is 6.07 Å². The van der Waals surface area contributed by atoms with Crippen LogP contribution in [-0.2, 0) is 11.3 Å². The first kappa shape index (κ1) is 14.3. The van der Waals surface area contributed by atoms with E-state index in [2.05, 4.69) is 21.2 Å². The van der Waals surface area contributed by atoms with Gasteiger partial charge in [0.1, 0.15) is 18.0 Å². The molecule has 0 saturated heterocycles. The number of para-hydroxylation sites is 1. The van der Waals surface area contributed by atoms with Crippen LogP contribution in [0.4, 0.5) is 10.1 Å². The van der Waals surface area contributed by atoms with Crippen LogP contribution in [0, 0.1) is 5.82 Å². The lowest BCUT2D eigenvalue weighted by atomic mass is 10.2. The molecule has 7 heteroatoms. The van der Waals surface area contributed by atoms with Crippen LogP contribution in [0.15, 0.2) is 45.8 Å². The van der Waals surface area contributed by atoms with Crippen LogP contribution in [0.3, 0.4) is 0 Å². The molecule has 0 unspecified atom stereocenters. The quantitative estimate of drug-likeness (QED) is 0.840. The maximum atomic E-state index is 13.4. The molecule has 20 heavy (non-hydrogen) atoms. The Labute approximate surface area is 121 Å². The number of benzene rings is 1. The van der Waals surface area contributed by atoms with Gasteiger partial charge in [0.15, 0.2) is 5.82 Å². The van der Waals surface area contributed by atoms with Gasteiger partial charge in [0.25, 0.3) is 5.56 Å². The SMILES string of the molecule is O=C(Cn1cc(Br)ccc1=O)Nc1c(O)cccc1F. The molecule has 0 atom stereocenters. The number of hydrogen-bond acceptors (Lipinski definition) is 3. The van der Waals surface area contributed by atoms with E-state index < -0.39 is 11.7 Å². The maximum absolute atomic E-state index is 13.4. The molecule has 0 aliphatic heterocycles. The Hall–Kier alpha value is -2.15. The molecule has 0 saturated carbocycles. The average Bonchev–Trinajstić information content (AvgIpc) is 2.38. The minimum absolute atomic E-state index is 0.286. The number of pyridine rings is 1. The zero-order chi connectivity index (χ0) is 14.7. The fraction of sp³-hybridized carbons (Fsp3) is 0.0769. The van der Waals surface area contributed by atoms with Crippen molar-refractivity contribution in [3.05, 3.63) is 57.2 Å². The van der Waals surface area contributed by atoms with Gasteiger partial charge in [0.05, 0.1) is 0 Å². The van der Waals surface area contributed by atoms with E-state index in [9.17, 15) is 19.1 Å². The molecule has 2 aromatic rings. The molecule has 1 heterocycles. The molecule has 2 N–H and O–H groups in total. The van der Waals surface area contributed by atoms with Gasteiger partial charge < -0.3 is 15.0 Å². The van der Waals surface area contributed by atoms with Crippen LogP contribution in [0.25, 0.3) is 0 Å². The Morgan fingerprint density at radius 3 is 2.80 bits per heavy atom. The van der Waals surface area contributed by atoms with Crippen molar-refractivity contribution in [1.82, 2.24) is 4.57 Å². The van der Waals surface area contributed by atoms with Gasteiger partial charge >= 0.3 is 0 Å². The molecule has 0 radical (unpaired) electrons. The molecule has 1 amide bonds. The van der Waals surface area contributed by atoms with Crippen molar-refractivity contribution >= 4 is 27.5 Å². The number of aromatic nitrogens is 1. The highest BCUT2D eigenvalue weighted by atomic mass is 79.9. The number of carbonyl (C=O) groups excluding carboxylic acids is 1. The number of carbonyl (C=O) groups is 1. The molecule has 0 bridgehead atoms. The van der Waals surface area contributed by atoms with Gasteiger partial charge in [-0.15, -0.1) is 0 Å². The molecular formula is C13H10BrFN2O3. The standard InChI is InChI=1S/C13H10BrFN2O3/c14-8-4-5-12(20)17(6-8)7-11(19)16-13-9(15)2-1-3-10(13)18/h1-6,18H,7H2,(H,16,19). The molecule has 0 spiro atoms. The number of rotatable bonds is 3. The predicted molar refractivity (Wildman–Crippen MR) is 75.1 cm³/mol. The van der Waals surface area contributed by atoms with E-state index in [0.29, 0.717) is 4.47 Å². The highest BCUT2D eigenvalue weighted by molar-refractivity contribution is 9.10. The van der Waals surface area contributed by atoms with E-state index in [4.69, 9.17) is 0 Å². The minimum atomic E-state index is -0.750. The largest absolute Gasteiger partial charge is 0.506 e. The monoisotopic (exact) mass is 340 g/mol. The summed E-state index contributed by atoms with van der Waals surface area (Å²) in [6.07, 6.45) is 1.45. The highest BCUT2D eigenvalue weighted by Crippen LogP contribution is 2.25. The van der Waals surface area contributed by atoms with Crippen molar-refractivity contribution in [3.63, 3.8) is 0 Å². The number of hydrogen-bond donors (Lipinski definition) is 2. The van der Waals surface area contributed by atoms with Gasteiger partial charge in [-0.2, -0.15) is 0 Å². The molecule has 5 nitrogen and oxygen atoms in total. The lowest BCUT2D eigenvalue weighted by molar-refractivity contribution is -0.116. The predicted octanol–water partition coefficient (Wildman–Crippen LogP) is 2.09. The van der Waals surface area contributed by atoms with Crippen LogP contribution in [-0.4, -0.2) is 15.6 Å². The van der Waals surface area contributed by atoms with Crippen molar-refractivity contribution in [1.29, 1.82) is 0 Å². The Balaban J connectivity index is 2.17. The normalized spacial score (nSPS) is 10.3. The fourth-order valence-corrected chi connectivity index (χ4v) is 1.98. The highest BCUT2D eigenvalue weighted by Gasteiger charge is 2.12. The number of halogens is 2. The molecule has 1 aromatic heterocycles. The third kappa shape index (κ3) is 3.24. The number of aromatic hydroxyl groups is 1. The summed E-state index contributed by atoms with van der Waals surface area (Å²) in [4.78, 5) is 23.3. The van der Waals surface area contributed by atoms with E-state index in [1.807, 2.05) is 0 Å². The van der Waals surface area contributed by atoms with E-state index in [0.717, 1.165) is 10.6 Å². The van der Waals surface area contributed by atoms with E-state index >= 15 is 0 Å². The van der Waals surface area contributed by atoms with Crippen molar-refractivity contribution in [3.8, 4) is 5.75 Å². The van der Waals surface area contributed by atoms with E-state index in [-0.39, 0.29) is 23.5 Å². The van der Waals surface area contributed by atoms with Gasteiger partial charge in [0.2, 0.25) is 5.91 Å². The Morgan fingerprint density at radius 1 is 1.35 bits per heavy atom. The van der Waals surface area contributed by atoms with Crippen LogP contribution < -0.4 is 10.9 Å². The summed E-state index contributed by atoms with van der Waals surface area (Å²) < 4.78 is 15.2. The summed E-state index contributed by atoms with van der Waals surface area (Å²) in [5.41, 5.74) is -0.665. The van der Waals surface area contributed by atoms with Gasteiger partial charge in [0, 0.05) is 16.7 Å². The lowest BCUT2D eigenvalue weighted by Gasteiger charge is -2.09. The Morgan fingerprint density at radius 2 is 2.10 bits per heavy atom. The van der Waals surface area contributed by atoms with Gasteiger partial charge in [-0.3, -0.25) is 9.59 Å². The molecule has 0 fully saturated rings. The smallest absolute Gasteiger partial charge is 0.251 e. The summed E-state index contributed by atoms with van der Waals surface area (Å²) in [5.74, 6) is -1.74. The lowest BCUT2D eigenvalue weighted by Crippen LogP contribution is -2.27. The molecule has 104 valence electrons. The second-order valence-electron chi connectivity index (χ2n) is 4.00. The van der Waals surface area contributed by atoms with Crippen LogP contribution in [0.1, 0.15) is 0 Å². The van der Waals surface area contributed by atoms with Crippen LogP contribution in [0.2, 0.25) is 0 Å². The second-order valence-corrected chi connectivity index (χ2v) is 4.91. The first-order chi connectivity index (χ1) is 9.47. The third-order valence-electron chi connectivity index (χ3n) is 2.52. The number of nitrogens with zero attached hydrogens (tertiary/aromatic N) is 1. The molecule has 0 aliphatic carbocycles. The number of phenols is 1. The fourth-order valence-electron chi connectivity index (χ4n) is 1.60. The first-order valence-electron chi connectivity index (χ1n) is 5.60. The zero-order valence-electron chi connectivity index (χ0n) is 10.1. The van der Waals surface area contributed by atoms with E-state index in [1.54, 1.807) is 6.07 Å². The van der Waals surface area contributed by atoms with Crippen LogP contribution in [0.5, 0.6) is 5.75 Å². The zero-order valence-corrected chi connectivity index (χ0v) is 11.7. The number of anilines is 1. The first-order valence-corrected chi connectivity index (χ1v) is 6.40. The summed E-state index contributed by atoms with van der Waals surface area (Å²) in [7, 11) is 0.